The topological polar surface area (TPSA) is 111 Å². The minimum atomic E-state index is -0.302. The molecule has 10 nitrogen and oxygen atoms in total. The number of nitrogens with one attached hydrogen (secondary N) is 1. The molecule has 1 N–H and O–H groups in total. The highest BCUT2D eigenvalue weighted by atomic mass is 32.2. The SMILES string of the molecule is CCOC(=O)CSc1ncn(-c2nc(N[C@H](C)CC)nc(N(C)C)n2)n1. The van der Waals surface area contributed by atoms with Gasteiger partial charge in [-0.25, -0.2) is 4.98 Å². The van der Waals surface area contributed by atoms with Gasteiger partial charge in [-0.1, -0.05) is 18.7 Å². The van der Waals surface area contributed by atoms with Gasteiger partial charge in [0.1, 0.15) is 6.33 Å². The molecule has 0 unspecified atom stereocenters. The molecule has 0 bridgehead atoms. The molecule has 0 amide bonds. The first kappa shape index (κ1) is 19.9. The summed E-state index contributed by atoms with van der Waals surface area (Å²) in [5.41, 5.74) is 0. The molecule has 2 heterocycles. The molecule has 0 radical (unpaired) electrons. The van der Waals surface area contributed by atoms with Gasteiger partial charge in [-0.15, -0.1) is 5.10 Å². The summed E-state index contributed by atoms with van der Waals surface area (Å²) in [7, 11) is 3.71. The third-order valence-corrected chi connectivity index (χ3v) is 4.13. The molecule has 0 spiro atoms. The number of aromatic nitrogens is 6. The van der Waals surface area contributed by atoms with Crippen molar-refractivity contribution in [3.8, 4) is 5.95 Å². The second-order valence-corrected chi connectivity index (χ2v) is 6.61. The quantitative estimate of drug-likeness (QED) is 0.506. The fourth-order valence-electron chi connectivity index (χ4n) is 1.78. The van der Waals surface area contributed by atoms with Gasteiger partial charge in [0.05, 0.1) is 12.4 Å². The van der Waals surface area contributed by atoms with Gasteiger partial charge in [0.15, 0.2) is 0 Å². The molecule has 2 aromatic heterocycles. The van der Waals surface area contributed by atoms with E-state index in [1.165, 1.54) is 22.8 Å². The van der Waals surface area contributed by atoms with Crippen LogP contribution in [0.2, 0.25) is 0 Å². The highest BCUT2D eigenvalue weighted by molar-refractivity contribution is 7.99. The molecule has 0 saturated heterocycles. The summed E-state index contributed by atoms with van der Waals surface area (Å²) in [4.78, 5) is 30.6. The highest BCUT2D eigenvalue weighted by Crippen LogP contribution is 2.15. The molecule has 142 valence electrons. The Morgan fingerprint density at radius 3 is 2.77 bits per heavy atom. The van der Waals surface area contributed by atoms with Crippen LogP contribution in [0.3, 0.4) is 0 Å². The van der Waals surface area contributed by atoms with E-state index in [9.17, 15) is 4.79 Å². The maximum absolute atomic E-state index is 11.4. The van der Waals surface area contributed by atoms with Crippen LogP contribution in [0.1, 0.15) is 27.2 Å². The van der Waals surface area contributed by atoms with E-state index in [4.69, 9.17) is 4.74 Å². The van der Waals surface area contributed by atoms with Crippen molar-refractivity contribution in [3.05, 3.63) is 6.33 Å². The zero-order chi connectivity index (χ0) is 19.1. The minimum absolute atomic E-state index is 0.152. The average Bonchev–Trinajstić information content (AvgIpc) is 3.09. The van der Waals surface area contributed by atoms with Crippen molar-refractivity contribution in [2.75, 3.05) is 36.7 Å². The van der Waals surface area contributed by atoms with Gasteiger partial charge in [-0.05, 0) is 20.3 Å². The van der Waals surface area contributed by atoms with Gasteiger partial charge < -0.3 is 15.0 Å². The number of hydrogen-bond donors (Lipinski definition) is 1. The van der Waals surface area contributed by atoms with Crippen molar-refractivity contribution in [2.24, 2.45) is 0 Å². The highest BCUT2D eigenvalue weighted by Gasteiger charge is 2.14. The number of nitrogens with zero attached hydrogens (tertiary/aromatic N) is 7. The predicted molar refractivity (Wildman–Crippen MR) is 99.8 cm³/mol. The Kier molecular flexibility index (Phi) is 7.13. The second kappa shape index (κ2) is 9.32. The predicted octanol–water partition coefficient (Wildman–Crippen LogP) is 1.38. The number of hydrogen-bond acceptors (Lipinski definition) is 10. The fraction of sp³-hybridized carbons (Fsp3) is 0.600. The van der Waals surface area contributed by atoms with E-state index >= 15 is 0 Å². The first-order chi connectivity index (χ1) is 12.4. The number of carbonyl (C=O) groups is 1. The normalized spacial score (nSPS) is 11.9. The Morgan fingerprint density at radius 1 is 1.35 bits per heavy atom. The fourth-order valence-corrected chi connectivity index (χ4v) is 2.38. The summed E-state index contributed by atoms with van der Waals surface area (Å²) in [6, 6.07) is 0.228. The van der Waals surface area contributed by atoms with Crippen molar-refractivity contribution in [1.29, 1.82) is 0 Å². The minimum Gasteiger partial charge on any atom is -0.465 e. The lowest BCUT2D eigenvalue weighted by molar-refractivity contribution is -0.139. The van der Waals surface area contributed by atoms with Crippen LogP contribution in [0.5, 0.6) is 0 Å². The van der Waals surface area contributed by atoms with E-state index in [2.05, 4.69) is 44.2 Å². The molecule has 11 heteroatoms. The third-order valence-electron chi connectivity index (χ3n) is 3.30. The Labute approximate surface area is 156 Å². The maximum atomic E-state index is 11.4. The Bertz CT molecular complexity index is 736. The number of rotatable bonds is 9. The van der Waals surface area contributed by atoms with Crippen LogP contribution in [-0.2, 0) is 9.53 Å². The first-order valence-corrected chi connectivity index (χ1v) is 9.31. The number of anilines is 2. The molecule has 0 aliphatic carbocycles. The molecule has 0 aliphatic heterocycles. The van der Waals surface area contributed by atoms with Gasteiger partial charge in [-0.3, -0.25) is 4.79 Å². The Morgan fingerprint density at radius 2 is 2.12 bits per heavy atom. The van der Waals surface area contributed by atoms with Gasteiger partial charge in [-0.2, -0.15) is 19.6 Å². The van der Waals surface area contributed by atoms with Crippen molar-refractivity contribution < 1.29 is 9.53 Å². The van der Waals surface area contributed by atoms with E-state index in [-0.39, 0.29) is 17.8 Å². The molecule has 0 fully saturated rings. The lowest BCUT2D eigenvalue weighted by Crippen LogP contribution is -2.21. The van der Waals surface area contributed by atoms with Crippen LogP contribution < -0.4 is 10.2 Å². The van der Waals surface area contributed by atoms with Crippen LogP contribution in [0.15, 0.2) is 11.5 Å². The van der Waals surface area contributed by atoms with E-state index in [0.29, 0.717) is 29.6 Å². The lowest BCUT2D eigenvalue weighted by Gasteiger charge is -2.15. The molecule has 0 aliphatic rings. The molecule has 0 aromatic carbocycles. The van der Waals surface area contributed by atoms with Crippen molar-refractivity contribution in [3.63, 3.8) is 0 Å². The zero-order valence-corrected chi connectivity index (χ0v) is 16.4. The van der Waals surface area contributed by atoms with Gasteiger partial charge in [0, 0.05) is 20.1 Å². The number of carbonyl (C=O) groups excluding carboxylic acids is 1. The molecular weight excluding hydrogens is 356 g/mol. The van der Waals surface area contributed by atoms with Crippen LogP contribution >= 0.6 is 11.8 Å². The monoisotopic (exact) mass is 380 g/mol. The summed E-state index contributed by atoms with van der Waals surface area (Å²) in [6.07, 6.45) is 2.45. The molecule has 2 rings (SSSR count). The summed E-state index contributed by atoms with van der Waals surface area (Å²) >= 11 is 1.20. The molecule has 0 saturated carbocycles. The maximum Gasteiger partial charge on any atom is 0.316 e. The molecule has 26 heavy (non-hydrogen) atoms. The number of thioether (sulfide) groups is 1. The Balaban J connectivity index is 2.20. The van der Waals surface area contributed by atoms with E-state index in [1.54, 1.807) is 11.8 Å². The van der Waals surface area contributed by atoms with Crippen molar-refractivity contribution in [1.82, 2.24) is 29.7 Å². The summed E-state index contributed by atoms with van der Waals surface area (Å²) in [5, 5.41) is 8.00. The molecule has 1 atom stereocenters. The van der Waals surface area contributed by atoms with Crippen molar-refractivity contribution in [2.45, 2.75) is 38.4 Å². The standard InChI is InChI=1S/C15H24N8O2S/c1-6-10(3)17-12-18-13(22(4)5)20-14(19-12)23-9-16-15(21-23)26-8-11(24)25-7-2/h9-10H,6-8H2,1-5H3,(H,17,18,19,20)/t10-/m1/s1. The molecule has 2 aromatic rings. The Hall–Kier alpha value is -2.43. The molecular formula is C15H24N8O2S. The number of ether oxygens (including phenoxy) is 1. The largest absolute Gasteiger partial charge is 0.465 e. The summed E-state index contributed by atoms with van der Waals surface area (Å²) in [6.45, 7) is 6.25. The zero-order valence-electron chi connectivity index (χ0n) is 15.6. The summed E-state index contributed by atoms with van der Waals surface area (Å²) in [5.74, 6) is 1.19. The number of esters is 1. The van der Waals surface area contributed by atoms with Gasteiger partial charge >= 0.3 is 5.97 Å². The van der Waals surface area contributed by atoms with Gasteiger partial charge in [0.2, 0.25) is 17.1 Å². The van der Waals surface area contributed by atoms with Gasteiger partial charge in [0.25, 0.3) is 5.95 Å². The van der Waals surface area contributed by atoms with Crippen LogP contribution in [0, 0.1) is 0 Å². The lowest BCUT2D eigenvalue weighted by atomic mass is 10.3. The van der Waals surface area contributed by atoms with Crippen LogP contribution in [0.25, 0.3) is 5.95 Å². The summed E-state index contributed by atoms with van der Waals surface area (Å²) < 4.78 is 6.35. The van der Waals surface area contributed by atoms with Crippen LogP contribution in [0.4, 0.5) is 11.9 Å². The van der Waals surface area contributed by atoms with E-state index < -0.39 is 0 Å². The third kappa shape index (κ3) is 5.55. The smallest absolute Gasteiger partial charge is 0.316 e. The average molecular weight is 380 g/mol. The van der Waals surface area contributed by atoms with Crippen LogP contribution in [-0.4, -0.2) is 68.2 Å². The first-order valence-electron chi connectivity index (χ1n) is 8.33. The second-order valence-electron chi connectivity index (χ2n) is 5.67. The van der Waals surface area contributed by atoms with E-state index in [1.807, 2.05) is 14.1 Å². The van der Waals surface area contributed by atoms with Crippen molar-refractivity contribution >= 4 is 29.6 Å². The van der Waals surface area contributed by atoms with E-state index in [0.717, 1.165) is 6.42 Å².